The predicted molar refractivity (Wildman–Crippen MR) is 255 cm³/mol. The van der Waals surface area contributed by atoms with E-state index in [4.69, 9.17) is 4.42 Å². The highest BCUT2D eigenvalue weighted by Gasteiger charge is 2.61. The van der Waals surface area contributed by atoms with Gasteiger partial charge in [0.15, 0.2) is 5.58 Å². The second kappa shape index (κ2) is 12.8. The van der Waals surface area contributed by atoms with Crippen molar-refractivity contribution in [2.75, 3.05) is 4.90 Å². The Morgan fingerprint density at radius 3 is 1.90 bits per heavy atom. The highest BCUT2D eigenvalue weighted by Crippen LogP contribution is 2.69. The minimum atomic E-state index is 0.197. The van der Waals surface area contributed by atoms with Crippen LogP contribution in [0.4, 0.5) is 17.1 Å². The SMILES string of the molecule is c1ccc(-c2ccc(N(c3ccc4sc5ccc(-c6ccc7c(c6)-c6ccccc6C76C7CC8CC(C7)CC6C8)cc5c4c3)c3cccc4c3oc3ccccc34)cc2)cc1. The molecular weight excluding hydrogens is 759 g/mol. The van der Waals surface area contributed by atoms with Crippen LogP contribution in [-0.2, 0) is 5.41 Å². The van der Waals surface area contributed by atoms with Gasteiger partial charge in [-0.15, -0.1) is 11.3 Å². The number of anilines is 3. The van der Waals surface area contributed by atoms with Gasteiger partial charge in [-0.25, -0.2) is 0 Å². The summed E-state index contributed by atoms with van der Waals surface area (Å²) in [6, 6.07) is 65.7. The number of fused-ring (bicyclic) bond motifs is 9. The molecule has 5 aliphatic rings. The highest BCUT2D eigenvalue weighted by molar-refractivity contribution is 7.25. The van der Waals surface area contributed by atoms with E-state index in [-0.39, 0.29) is 5.41 Å². The van der Waals surface area contributed by atoms with E-state index in [0.717, 1.165) is 62.7 Å². The maximum atomic E-state index is 6.69. The Morgan fingerprint density at radius 1 is 0.443 bits per heavy atom. The first-order valence-corrected chi connectivity index (χ1v) is 23.1. The van der Waals surface area contributed by atoms with Crippen molar-refractivity contribution >= 4 is 70.5 Å². The average Bonchev–Trinajstić information content (AvgIpc) is 3.97. The molecule has 0 saturated heterocycles. The summed E-state index contributed by atoms with van der Waals surface area (Å²) in [5, 5.41) is 4.84. The number of benzene rings is 8. The summed E-state index contributed by atoms with van der Waals surface area (Å²) in [4.78, 5) is 2.38. The number of para-hydroxylation sites is 2. The van der Waals surface area contributed by atoms with Crippen LogP contribution in [0.5, 0.6) is 0 Å². The number of hydrogen-bond acceptors (Lipinski definition) is 3. The molecule has 2 aromatic heterocycles. The Morgan fingerprint density at radius 2 is 1.07 bits per heavy atom. The van der Waals surface area contributed by atoms with E-state index in [1.165, 1.54) is 85.7 Å². The van der Waals surface area contributed by atoms with Crippen LogP contribution in [0.2, 0.25) is 0 Å². The van der Waals surface area contributed by atoms with Gasteiger partial charge in [-0.3, -0.25) is 0 Å². The normalized spacial score (nSPS) is 22.2. The molecule has 292 valence electrons. The summed E-state index contributed by atoms with van der Waals surface area (Å²) in [6.45, 7) is 0. The van der Waals surface area contributed by atoms with E-state index in [2.05, 4.69) is 181 Å². The fourth-order valence-corrected chi connectivity index (χ4v) is 14.3. The molecule has 5 aliphatic carbocycles. The Balaban J connectivity index is 0.909. The van der Waals surface area contributed by atoms with Gasteiger partial charge < -0.3 is 9.32 Å². The molecule has 0 atom stereocenters. The summed E-state index contributed by atoms with van der Waals surface area (Å²) in [5.74, 6) is 3.45. The lowest BCUT2D eigenvalue weighted by Gasteiger charge is -2.61. The smallest absolute Gasteiger partial charge is 0.159 e. The molecule has 4 fully saturated rings. The molecule has 0 aliphatic heterocycles. The molecule has 4 bridgehead atoms. The van der Waals surface area contributed by atoms with Gasteiger partial charge in [0.2, 0.25) is 0 Å². The Kier molecular flexibility index (Phi) is 7.20. The zero-order valence-corrected chi connectivity index (χ0v) is 34.7. The zero-order valence-electron chi connectivity index (χ0n) is 33.9. The molecule has 3 heteroatoms. The van der Waals surface area contributed by atoms with E-state index >= 15 is 0 Å². The zero-order chi connectivity index (χ0) is 39.8. The minimum absolute atomic E-state index is 0.197. The Bertz CT molecular complexity index is 3360. The van der Waals surface area contributed by atoms with Crippen molar-refractivity contribution in [3.8, 4) is 33.4 Å². The fourth-order valence-electron chi connectivity index (χ4n) is 13.2. The van der Waals surface area contributed by atoms with Gasteiger partial charge in [0.1, 0.15) is 5.58 Å². The summed E-state index contributed by atoms with van der Waals surface area (Å²) < 4.78 is 9.30. The molecule has 0 amide bonds. The molecule has 0 N–H and O–H groups in total. The van der Waals surface area contributed by atoms with Crippen LogP contribution < -0.4 is 4.90 Å². The molecule has 2 nitrogen and oxygen atoms in total. The van der Waals surface area contributed by atoms with Gasteiger partial charge in [-0.1, -0.05) is 115 Å². The van der Waals surface area contributed by atoms with Gasteiger partial charge in [-0.2, -0.15) is 0 Å². The first kappa shape index (κ1) is 34.3. The van der Waals surface area contributed by atoms with E-state index in [1.807, 2.05) is 11.3 Å². The van der Waals surface area contributed by atoms with Crippen LogP contribution >= 0.6 is 11.3 Å². The maximum absolute atomic E-state index is 6.69. The van der Waals surface area contributed by atoms with Crippen LogP contribution in [0.25, 0.3) is 75.5 Å². The summed E-state index contributed by atoms with van der Waals surface area (Å²) in [6.07, 6.45) is 7.13. The van der Waals surface area contributed by atoms with E-state index in [1.54, 1.807) is 11.1 Å². The monoisotopic (exact) mass is 801 g/mol. The molecule has 0 radical (unpaired) electrons. The van der Waals surface area contributed by atoms with Crippen molar-refractivity contribution in [1.29, 1.82) is 0 Å². The summed E-state index contributed by atoms with van der Waals surface area (Å²) >= 11 is 1.88. The van der Waals surface area contributed by atoms with E-state index in [9.17, 15) is 0 Å². The quantitative estimate of drug-likeness (QED) is 0.172. The lowest BCUT2D eigenvalue weighted by Crippen LogP contribution is -2.55. The summed E-state index contributed by atoms with van der Waals surface area (Å²) in [7, 11) is 0. The third-order valence-electron chi connectivity index (χ3n) is 15.5. The Labute approximate surface area is 359 Å². The largest absolute Gasteiger partial charge is 0.454 e. The number of nitrogens with zero attached hydrogens (tertiary/aromatic N) is 1. The second-order valence-electron chi connectivity index (χ2n) is 18.5. The van der Waals surface area contributed by atoms with Crippen LogP contribution in [0.3, 0.4) is 0 Å². The van der Waals surface area contributed by atoms with Crippen LogP contribution in [0.1, 0.15) is 43.2 Å². The van der Waals surface area contributed by atoms with Gasteiger partial charge in [-0.05, 0) is 161 Å². The molecule has 10 aromatic rings. The third kappa shape index (κ3) is 4.90. The maximum Gasteiger partial charge on any atom is 0.159 e. The van der Waals surface area contributed by atoms with Gasteiger partial charge in [0.05, 0.1) is 5.69 Å². The topological polar surface area (TPSA) is 16.4 Å². The third-order valence-corrected chi connectivity index (χ3v) is 16.6. The first-order valence-electron chi connectivity index (χ1n) is 22.2. The second-order valence-corrected chi connectivity index (χ2v) is 19.6. The number of furan rings is 1. The van der Waals surface area contributed by atoms with Gasteiger partial charge in [0, 0.05) is 47.7 Å². The molecule has 15 rings (SSSR count). The van der Waals surface area contributed by atoms with E-state index in [0.29, 0.717) is 0 Å². The van der Waals surface area contributed by atoms with Crippen LogP contribution in [0, 0.1) is 23.7 Å². The molecular formula is C58H43NOS. The van der Waals surface area contributed by atoms with Gasteiger partial charge >= 0.3 is 0 Å². The van der Waals surface area contributed by atoms with Crippen molar-refractivity contribution in [3.05, 3.63) is 187 Å². The van der Waals surface area contributed by atoms with E-state index < -0.39 is 0 Å². The van der Waals surface area contributed by atoms with Crippen molar-refractivity contribution in [2.24, 2.45) is 23.7 Å². The molecule has 2 heterocycles. The average molecular weight is 802 g/mol. The van der Waals surface area contributed by atoms with Crippen molar-refractivity contribution in [2.45, 2.75) is 37.5 Å². The number of rotatable bonds is 5. The standard InChI is InChI=1S/C58H43NOS/c1-2-9-37(10-3-1)38-17-21-43(22-18-38)59(53-15-8-13-47-46-12-5-7-16-54(46)60-57(47)53)44-23-26-56-50(34-44)49-33-40(20-25-55(49)61-56)39-19-24-52-48(32-39)45-11-4-6-14-51(45)58(52)41-28-35-27-36(30-41)31-42(58)29-35/h1-26,32-36,41-42H,27-31H2. The summed E-state index contributed by atoms with van der Waals surface area (Å²) in [5.41, 5.74) is 16.4. The Hall–Kier alpha value is -6.42. The number of thiophene rings is 1. The van der Waals surface area contributed by atoms with Crippen molar-refractivity contribution in [1.82, 2.24) is 0 Å². The predicted octanol–water partition coefficient (Wildman–Crippen LogP) is 16.5. The lowest BCUT2D eigenvalue weighted by atomic mass is 9.43. The molecule has 0 unspecified atom stereocenters. The lowest BCUT2D eigenvalue weighted by molar-refractivity contribution is -0.0399. The van der Waals surface area contributed by atoms with Crippen LogP contribution in [-0.4, -0.2) is 0 Å². The highest BCUT2D eigenvalue weighted by atomic mass is 32.1. The van der Waals surface area contributed by atoms with Gasteiger partial charge in [0.25, 0.3) is 0 Å². The minimum Gasteiger partial charge on any atom is -0.454 e. The molecule has 4 saturated carbocycles. The first-order chi connectivity index (χ1) is 30.2. The van der Waals surface area contributed by atoms with Crippen molar-refractivity contribution < 1.29 is 4.42 Å². The fraction of sp³-hybridized carbons (Fsp3) is 0.172. The van der Waals surface area contributed by atoms with Crippen molar-refractivity contribution in [3.63, 3.8) is 0 Å². The number of hydrogen-bond donors (Lipinski definition) is 0. The molecule has 1 spiro atoms. The van der Waals surface area contributed by atoms with Crippen LogP contribution in [0.15, 0.2) is 180 Å². The molecule has 8 aromatic carbocycles. The molecule has 61 heavy (non-hydrogen) atoms.